The predicted molar refractivity (Wildman–Crippen MR) is 204 cm³/mol. The van der Waals surface area contributed by atoms with Crippen molar-refractivity contribution in [1.29, 1.82) is 0 Å². The summed E-state index contributed by atoms with van der Waals surface area (Å²) >= 11 is 1.45. The molecule has 11 nitrogen and oxygen atoms in total. The first-order chi connectivity index (χ1) is 25.6. The summed E-state index contributed by atoms with van der Waals surface area (Å²) in [6.07, 6.45) is 1.21. The van der Waals surface area contributed by atoms with Crippen LogP contribution < -0.4 is 19.5 Å². The van der Waals surface area contributed by atoms with E-state index in [0.717, 1.165) is 30.1 Å². The summed E-state index contributed by atoms with van der Waals surface area (Å²) in [4.78, 5) is 3.43. The molecule has 1 saturated heterocycles. The van der Waals surface area contributed by atoms with E-state index in [1.165, 1.54) is 11.8 Å². The molecule has 292 valence electrons. The summed E-state index contributed by atoms with van der Waals surface area (Å²) < 4.78 is 116. The van der Waals surface area contributed by atoms with Crippen LogP contribution in [0.4, 0.5) is 18.9 Å². The molecule has 4 aromatic rings. The van der Waals surface area contributed by atoms with Crippen molar-refractivity contribution < 1.29 is 43.6 Å². The van der Waals surface area contributed by atoms with E-state index in [2.05, 4.69) is 15.1 Å². The molecule has 0 saturated carbocycles. The lowest BCUT2D eigenvalue weighted by Crippen LogP contribution is -2.47. The van der Waals surface area contributed by atoms with Crippen LogP contribution in [0.2, 0.25) is 0 Å². The zero-order chi connectivity index (χ0) is 38.8. The van der Waals surface area contributed by atoms with E-state index < -0.39 is 48.8 Å². The van der Waals surface area contributed by atoms with Gasteiger partial charge >= 0.3 is 13.1 Å². The van der Waals surface area contributed by atoms with E-state index in [1.807, 2.05) is 42.5 Å². The smallest absolute Gasteiger partial charge is 0.416 e. The highest BCUT2D eigenvalue weighted by Gasteiger charge is 2.48. The minimum absolute atomic E-state index is 0.202. The number of hydrogen-bond acceptors (Lipinski definition) is 11. The zero-order valence-corrected chi connectivity index (χ0v) is 32.5. The monoisotopic (exact) mass is 826 g/mol. The minimum atomic E-state index is -5.93. The van der Waals surface area contributed by atoms with Crippen molar-refractivity contribution in [2.45, 2.75) is 39.1 Å². The van der Waals surface area contributed by atoms with Gasteiger partial charge in [-0.1, -0.05) is 54.6 Å². The Labute approximate surface area is 318 Å². The van der Waals surface area contributed by atoms with Crippen molar-refractivity contribution in [3.63, 3.8) is 0 Å². The van der Waals surface area contributed by atoms with Crippen molar-refractivity contribution in [2.24, 2.45) is 5.14 Å². The fourth-order valence-electron chi connectivity index (χ4n) is 5.73. The number of sulfonamides is 1. The predicted octanol–water partition coefficient (Wildman–Crippen LogP) is 6.95. The average molecular weight is 827 g/mol. The Morgan fingerprint density at radius 1 is 0.778 bits per heavy atom. The van der Waals surface area contributed by atoms with Crippen LogP contribution in [-0.2, 0) is 24.4 Å². The molecule has 1 fully saturated rings. The van der Waals surface area contributed by atoms with Gasteiger partial charge in [0.15, 0.2) is 0 Å². The normalized spacial score (nSPS) is 15.4. The van der Waals surface area contributed by atoms with Gasteiger partial charge in [-0.25, -0.2) is 26.5 Å². The number of hydrogen-bond donors (Lipinski definition) is 2. The molecule has 0 spiro atoms. The first-order valence-corrected chi connectivity index (χ1v) is 22.8. The van der Waals surface area contributed by atoms with Gasteiger partial charge in [0.1, 0.15) is 16.4 Å². The molecular formula is C36H42F3N4O7PS3. The van der Waals surface area contributed by atoms with Crippen molar-refractivity contribution in [1.82, 2.24) is 9.80 Å². The quantitative estimate of drug-likeness (QED) is 0.0794. The summed E-state index contributed by atoms with van der Waals surface area (Å²) in [6, 6.07) is 29.1. The number of nitrogens with one attached hydrogen (secondary N) is 1. The van der Waals surface area contributed by atoms with Crippen LogP contribution in [0.25, 0.3) is 0 Å². The van der Waals surface area contributed by atoms with Gasteiger partial charge in [0.2, 0.25) is 10.0 Å². The highest BCUT2D eigenvalue weighted by molar-refractivity contribution is 7.99. The molecule has 0 aromatic heterocycles. The number of benzene rings is 4. The average Bonchev–Trinajstić information content (AvgIpc) is 3.13. The zero-order valence-electron chi connectivity index (χ0n) is 29.2. The lowest BCUT2D eigenvalue weighted by atomic mass is 10.2. The molecule has 1 heterocycles. The second kappa shape index (κ2) is 18.4. The topological polar surface area (TPSA) is 148 Å². The third-order valence-corrected chi connectivity index (χ3v) is 14.0. The van der Waals surface area contributed by atoms with E-state index >= 15 is 0 Å². The number of alkyl halides is 3. The van der Waals surface area contributed by atoms with Crippen LogP contribution in [0.5, 0.6) is 11.5 Å². The van der Waals surface area contributed by atoms with E-state index in [1.54, 1.807) is 48.5 Å². The summed E-state index contributed by atoms with van der Waals surface area (Å²) in [5, 5.41) is 8.10. The van der Waals surface area contributed by atoms with Gasteiger partial charge in [0.25, 0.3) is 9.84 Å². The lowest BCUT2D eigenvalue weighted by molar-refractivity contribution is -0.0435. The molecule has 5 rings (SSSR count). The number of nitrogens with two attached hydrogens (primary N) is 1. The molecular weight excluding hydrogens is 785 g/mol. The van der Waals surface area contributed by atoms with Gasteiger partial charge in [-0.05, 0) is 74.0 Å². The Kier molecular flexibility index (Phi) is 14.2. The van der Waals surface area contributed by atoms with Gasteiger partial charge in [0, 0.05) is 49.4 Å². The van der Waals surface area contributed by atoms with Gasteiger partial charge in [0.05, 0.1) is 16.7 Å². The number of rotatable bonds is 18. The molecule has 1 unspecified atom stereocenters. The van der Waals surface area contributed by atoms with Crippen LogP contribution in [-0.4, -0.2) is 89.4 Å². The van der Waals surface area contributed by atoms with E-state index in [9.17, 15) is 34.6 Å². The maximum atomic E-state index is 13.9. The van der Waals surface area contributed by atoms with Gasteiger partial charge in [-0.3, -0.25) is 0 Å². The summed E-state index contributed by atoms with van der Waals surface area (Å²) in [5.74, 6) is 1.29. The van der Waals surface area contributed by atoms with Crippen molar-refractivity contribution >= 4 is 44.9 Å². The molecule has 0 amide bonds. The van der Waals surface area contributed by atoms with Crippen LogP contribution in [0.3, 0.4) is 0 Å². The Morgan fingerprint density at radius 3 is 1.81 bits per heavy atom. The summed E-state index contributed by atoms with van der Waals surface area (Å²) in [6.45, 7) is 4.08. The second-order valence-corrected chi connectivity index (χ2v) is 19.2. The number of thioether (sulfide) groups is 1. The van der Waals surface area contributed by atoms with Crippen molar-refractivity contribution in [2.75, 3.05) is 56.5 Å². The molecule has 0 aliphatic carbocycles. The van der Waals surface area contributed by atoms with Gasteiger partial charge < -0.3 is 24.2 Å². The lowest BCUT2D eigenvalue weighted by Gasteiger charge is -2.35. The van der Waals surface area contributed by atoms with Crippen molar-refractivity contribution in [3.8, 4) is 11.5 Å². The standard InChI is InChI=1S/C36H42F3N4O7PS3/c37-36(38,39)53(45,46)35-27-33(54(40,47)48)17-18-34(35)41-29(28-52-32-15-8-3-9-16-32)19-21-43-24-22-42(23-25-43)20-10-26-51(44,49-30-11-4-1-5-12-30)50-31-13-6-2-7-14-31/h1-9,11-18,27,29,41H,10,19-26,28H2,(H2,40,47,48). The molecule has 1 aliphatic heterocycles. The number of para-hydroxylation sites is 2. The number of anilines is 1. The molecule has 3 N–H and O–H groups in total. The number of halogens is 3. The summed E-state index contributed by atoms with van der Waals surface area (Å²) in [5.41, 5.74) is -6.04. The maximum absolute atomic E-state index is 13.9. The van der Waals surface area contributed by atoms with Crippen LogP contribution >= 0.6 is 19.4 Å². The third-order valence-electron chi connectivity index (χ3n) is 8.57. The Balaban J connectivity index is 1.20. The fraction of sp³-hybridized carbons (Fsp3) is 0.333. The largest absolute Gasteiger partial charge is 0.501 e. The Hall–Kier alpha value is -3.57. The first kappa shape index (κ1) is 41.6. The Bertz CT molecular complexity index is 2030. The van der Waals surface area contributed by atoms with Gasteiger partial charge in [-0.2, -0.15) is 13.2 Å². The highest BCUT2D eigenvalue weighted by atomic mass is 32.2. The molecule has 0 radical (unpaired) electrons. The molecule has 1 aliphatic rings. The van der Waals surface area contributed by atoms with E-state index in [0.29, 0.717) is 62.3 Å². The van der Waals surface area contributed by atoms with Crippen LogP contribution in [0.15, 0.2) is 124 Å². The molecule has 1 atom stereocenters. The number of sulfone groups is 1. The van der Waals surface area contributed by atoms with Crippen molar-refractivity contribution in [3.05, 3.63) is 109 Å². The van der Waals surface area contributed by atoms with E-state index in [-0.39, 0.29) is 11.8 Å². The SMILES string of the molecule is NS(=O)(=O)c1ccc(NC(CCN2CCN(CCCP(=O)(Oc3ccccc3)Oc3ccccc3)CC2)CSc2ccccc2)c(S(=O)(=O)C(F)(F)F)c1. The fourth-order valence-corrected chi connectivity index (χ4v) is 9.92. The summed E-state index contributed by atoms with van der Waals surface area (Å²) in [7, 11) is -14.0. The molecule has 4 aromatic carbocycles. The van der Waals surface area contributed by atoms with Crippen LogP contribution in [0.1, 0.15) is 12.8 Å². The highest BCUT2D eigenvalue weighted by Crippen LogP contribution is 2.49. The maximum Gasteiger partial charge on any atom is 0.501 e. The first-order valence-electron chi connectivity index (χ1n) is 17.1. The molecule has 0 bridgehead atoms. The second-order valence-electron chi connectivity index (χ2n) is 12.6. The van der Waals surface area contributed by atoms with E-state index in [4.69, 9.17) is 14.2 Å². The molecule has 54 heavy (non-hydrogen) atoms. The minimum Gasteiger partial charge on any atom is -0.416 e. The Morgan fingerprint density at radius 2 is 1.30 bits per heavy atom. The number of piperazine rings is 1. The molecule has 18 heteroatoms. The van der Waals surface area contributed by atoms with Gasteiger partial charge in [-0.15, -0.1) is 11.8 Å². The number of nitrogens with zero attached hydrogens (tertiary/aromatic N) is 2. The third kappa shape index (κ3) is 12.0. The number of primary sulfonamides is 1. The van der Waals surface area contributed by atoms with Crippen LogP contribution in [0, 0.1) is 0 Å².